The Bertz CT molecular complexity index is 969. The number of aryl methyl sites for hydroxylation is 1. The lowest BCUT2D eigenvalue weighted by molar-refractivity contribution is -0.145. The molecule has 0 aliphatic carbocycles. The van der Waals surface area contributed by atoms with Gasteiger partial charge in [-0.25, -0.2) is 12.7 Å². The summed E-state index contributed by atoms with van der Waals surface area (Å²) in [6, 6.07) is 9.18. The van der Waals surface area contributed by atoms with Gasteiger partial charge in [0.2, 0.25) is 10.0 Å². The topological polar surface area (TPSA) is 97.6 Å². The predicted octanol–water partition coefficient (Wildman–Crippen LogP) is 0.0815. The molecule has 0 saturated carbocycles. The monoisotopic (exact) mass is 405 g/mol. The summed E-state index contributed by atoms with van der Waals surface area (Å²) in [6.45, 7) is 1.66. The Kier molecular flexibility index (Phi) is 4.62. The lowest BCUT2D eigenvalue weighted by Crippen LogP contribution is -2.62. The van der Waals surface area contributed by atoms with Gasteiger partial charge in [0.25, 0.3) is 5.91 Å². The third-order valence-electron chi connectivity index (χ3n) is 5.61. The predicted molar refractivity (Wildman–Crippen MR) is 101 cm³/mol. The van der Waals surface area contributed by atoms with Gasteiger partial charge in [-0.2, -0.15) is 0 Å². The maximum atomic E-state index is 12.5. The van der Waals surface area contributed by atoms with E-state index in [9.17, 15) is 13.2 Å². The summed E-state index contributed by atoms with van der Waals surface area (Å²) in [5.41, 5.74) is -0.341. The smallest absolute Gasteiger partial charge is 0.260 e. The van der Waals surface area contributed by atoms with E-state index in [0.717, 1.165) is 5.82 Å². The number of ether oxygens (including phenoxy) is 1. The van der Waals surface area contributed by atoms with Crippen molar-refractivity contribution in [3.05, 3.63) is 42.5 Å². The number of hydrogen-bond donors (Lipinski definition) is 0. The minimum atomic E-state index is -3.32. The van der Waals surface area contributed by atoms with E-state index in [1.807, 2.05) is 29.8 Å². The first-order valence-corrected chi connectivity index (χ1v) is 10.9. The van der Waals surface area contributed by atoms with E-state index < -0.39 is 10.0 Å². The van der Waals surface area contributed by atoms with E-state index in [1.165, 1.54) is 10.6 Å². The van der Waals surface area contributed by atoms with E-state index in [0.29, 0.717) is 31.9 Å². The van der Waals surface area contributed by atoms with Crippen LogP contribution in [0, 0.1) is 5.41 Å². The molecule has 1 spiro atoms. The molecule has 10 heteroatoms. The average Bonchev–Trinajstić information content (AvgIpc) is 3.22. The number of hydrogen-bond acceptors (Lipinski definition) is 6. The molecule has 3 heterocycles. The number of carbonyl (C=O) groups excluding carboxylic acids is 1. The second kappa shape index (κ2) is 6.85. The number of rotatable bonds is 5. The van der Waals surface area contributed by atoms with E-state index in [4.69, 9.17) is 4.74 Å². The quantitative estimate of drug-likeness (QED) is 0.699. The first-order valence-electron chi connectivity index (χ1n) is 9.03. The van der Waals surface area contributed by atoms with Crippen molar-refractivity contribution in [3.63, 3.8) is 0 Å². The highest BCUT2D eigenvalue weighted by Gasteiger charge is 2.58. The fraction of sp³-hybridized carbons (Fsp3) is 0.500. The van der Waals surface area contributed by atoms with Gasteiger partial charge < -0.3 is 14.2 Å². The zero-order valence-corrected chi connectivity index (χ0v) is 16.7. The summed E-state index contributed by atoms with van der Waals surface area (Å²) < 4.78 is 33.1. The maximum Gasteiger partial charge on any atom is 0.260 e. The van der Waals surface area contributed by atoms with E-state index >= 15 is 0 Å². The van der Waals surface area contributed by atoms with Gasteiger partial charge in [0.1, 0.15) is 17.9 Å². The Balaban J connectivity index is 1.46. The van der Waals surface area contributed by atoms with Crippen LogP contribution < -0.4 is 4.74 Å². The molecule has 9 nitrogen and oxygen atoms in total. The Morgan fingerprint density at radius 1 is 1.25 bits per heavy atom. The van der Waals surface area contributed by atoms with Crippen LogP contribution in [-0.2, 0) is 21.9 Å². The van der Waals surface area contributed by atoms with Crippen LogP contribution in [0.15, 0.2) is 36.7 Å². The number of nitrogens with zero attached hydrogens (tertiary/aromatic N) is 5. The third kappa shape index (κ3) is 3.37. The molecule has 2 aromatic rings. The van der Waals surface area contributed by atoms with Crippen molar-refractivity contribution in [1.29, 1.82) is 0 Å². The minimum Gasteiger partial charge on any atom is -0.484 e. The molecule has 150 valence electrons. The first-order chi connectivity index (χ1) is 13.3. The SMILES string of the molecule is Cn1cnnc1C1CN(S(C)(=O)=O)CC12CN(C(=O)COc1ccccc1)C2. The standard InChI is InChI=1S/C18H23N5O4S/c1-21-13-19-20-17(21)15-8-23(28(2,25)26)12-18(15)10-22(11-18)16(24)9-27-14-6-4-3-5-7-14/h3-7,13,15H,8-12H2,1-2H3. The molecule has 1 aromatic carbocycles. The van der Waals surface area contributed by atoms with Crippen LogP contribution >= 0.6 is 0 Å². The van der Waals surface area contributed by atoms with Crippen molar-refractivity contribution in [2.75, 3.05) is 39.0 Å². The van der Waals surface area contributed by atoms with Crippen LogP contribution in [-0.4, -0.2) is 77.3 Å². The fourth-order valence-electron chi connectivity index (χ4n) is 4.10. The number of carbonyl (C=O) groups is 1. The summed E-state index contributed by atoms with van der Waals surface area (Å²) in [5, 5.41) is 8.14. The molecule has 1 aromatic heterocycles. The Morgan fingerprint density at radius 3 is 2.57 bits per heavy atom. The van der Waals surface area contributed by atoms with Crippen LogP contribution in [0.3, 0.4) is 0 Å². The number of likely N-dealkylation sites (tertiary alicyclic amines) is 1. The first kappa shape index (κ1) is 18.9. The third-order valence-corrected chi connectivity index (χ3v) is 6.83. The number of aromatic nitrogens is 3. The lowest BCUT2D eigenvalue weighted by Gasteiger charge is -2.50. The van der Waals surface area contributed by atoms with Crippen molar-refractivity contribution in [1.82, 2.24) is 24.0 Å². The van der Waals surface area contributed by atoms with Gasteiger partial charge in [-0.05, 0) is 12.1 Å². The van der Waals surface area contributed by atoms with Crippen LogP contribution in [0.2, 0.25) is 0 Å². The van der Waals surface area contributed by atoms with Gasteiger partial charge >= 0.3 is 0 Å². The van der Waals surface area contributed by atoms with Crippen LogP contribution in [0.1, 0.15) is 11.7 Å². The summed E-state index contributed by atoms with van der Waals surface area (Å²) in [5.74, 6) is 1.18. The summed E-state index contributed by atoms with van der Waals surface area (Å²) >= 11 is 0. The number of para-hydroxylation sites is 1. The Labute approximate surface area is 164 Å². The molecule has 2 aliphatic rings. The van der Waals surface area contributed by atoms with Crippen LogP contribution in [0.4, 0.5) is 0 Å². The number of sulfonamides is 1. The van der Waals surface area contributed by atoms with Gasteiger partial charge in [-0.15, -0.1) is 10.2 Å². The molecule has 0 N–H and O–H groups in total. The molecule has 2 saturated heterocycles. The van der Waals surface area contributed by atoms with Gasteiger partial charge in [0.05, 0.1) is 6.26 Å². The highest BCUT2D eigenvalue weighted by atomic mass is 32.2. The molecule has 0 radical (unpaired) electrons. The molecule has 2 aliphatic heterocycles. The fourth-order valence-corrected chi connectivity index (χ4v) is 5.01. The highest BCUT2D eigenvalue weighted by molar-refractivity contribution is 7.88. The van der Waals surface area contributed by atoms with Gasteiger partial charge in [-0.1, -0.05) is 18.2 Å². The molecule has 28 heavy (non-hydrogen) atoms. The summed E-state index contributed by atoms with van der Waals surface area (Å²) in [4.78, 5) is 14.2. The van der Waals surface area contributed by atoms with Crippen molar-refractivity contribution in [3.8, 4) is 5.75 Å². The van der Waals surface area contributed by atoms with Gasteiger partial charge in [-0.3, -0.25) is 4.79 Å². The van der Waals surface area contributed by atoms with Gasteiger partial charge in [0.15, 0.2) is 6.61 Å². The van der Waals surface area contributed by atoms with Crippen molar-refractivity contribution in [2.24, 2.45) is 12.5 Å². The van der Waals surface area contributed by atoms with Crippen LogP contribution in [0.25, 0.3) is 0 Å². The second-order valence-corrected chi connectivity index (χ2v) is 9.60. The zero-order valence-electron chi connectivity index (χ0n) is 15.9. The molecule has 4 rings (SSSR count). The van der Waals surface area contributed by atoms with Crippen molar-refractivity contribution in [2.45, 2.75) is 5.92 Å². The highest BCUT2D eigenvalue weighted by Crippen LogP contribution is 2.49. The van der Waals surface area contributed by atoms with Gasteiger partial charge in [0, 0.05) is 44.6 Å². The molecular formula is C18H23N5O4S. The van der Waals surface area contributed by atoms with E-state index in [-0.39, 0.29) is 23.8 Å². The Hall–Kier alpha value is -2.46. The molecule has 2 fully saturated rings. The van der Waals surface area contributed by atoms with E-state index in [2.05, 4.69) is 10.2 Å². The molecule has 1 unspecified atom stereocenters. The molecular weight excluding hydrogens is 382 g/mol. The number of benzene rings is 1. The lowest BCUT2D eigenvalue weighted by atomic mass is 9.71. The van der Waals surface area contributed by atoms with Crippen LogP contribution in [0.5, 0.6) is 5.75 Å². The average molecular weight is 405 g/mol. The molecule has 1 amide bonds. The maximum absolute atomic E-state index is 12.5. The van der Waals surface area contributed by atoms with Crippen molar-refractivity contribution < 1.29 is 17.9 Å². The number of amides is 1. The second-order valence-electron chi connectivity index (χ2n) is 7.62. The largest absolute Gasteiger partial charge is 0.484 e. The summed E-state index contributed by atoms with van der Waals surface area (Å²) in [7, 11) is -1.47. The summed E-state index contributed by atoms with van der Waals surface area (Å²) in [6.07, 6.45) is 2.83. The normalized spacial score (nSPS) is 21.6. The Morgan fingerprint density at radius 2 is 1.96 bits per heavy atom. The molecule has 1 atom stereocenters. The zero-order chi connectivity index (χ0) is 19.9. The van der Waals surface area contributed by atoms with Crippen molar-refractivity contribution >= 4 is 15.9 Å². The van der Waals surface area contributed by atoms with E-state index in [1.54, 1.807) is 23.4 Å². The minimum absolute atomic E-state index is 0.0372. The molecule has 0 bridgehead atoms.